The molecule has 17 heavy (non-hydrogen) atoms. The minimum absolute atomic E-state index is 0.456. The maximum Gasteiger partial charge on any atom is 0.0635 e. The molecule has 1 unspecified atom stereocenters. The summed E-state index contributed by atoms with van der Waals surface area (Å²) < 4.78 is 5.56. The fourth-order valence-corrected chi connectivity index (χ4v) is 2.19. The topological polar surface area (TPSA) is 47.3 Å². The lowest BCUT2D eigenvalue weighted by Crippen LogP contribution is -2.19. The van der Waals surface area contributed by atoms with Crippen molar-refractivity contribution in [3.63, 3.8) is 0 Å². The number of anilines is 1. The minimum atomic E-state index is 0.456. The molecule has 3 N–H and O–H groups in total. The predicted molar refractivity (Wildman–Crippen MR) is 71.2 cm³/mol. The fourth-order valence-electron chi connectivity index (χ4n) is 2.07. The van der Waals surface area contributed by atoms with E-state index >= 15 is 0 Å². The molecule has 0 aliphatic carbocycles. The zero-order chi connectivity index (χ0) is 12.1. The van der Waals surface area contributed by atoms with Gasteiger partial charge in [0.25, 0.3) is 0 Å². The first-order chi connectivity index (χ1) is 8.25. The van der Waals surface area contributed by atoms with Gasteiger partial charge >= 0.3 is 0 Å². The Balaban J connectivity index is 1.68. The molecule has 2 rings (SSSR count). The average molecular weight is 255 g/mol. The second kappa shape index (κ2) is 6.24. The van der Waals surface area contributed by atoms with Crippen molar-refractivity contribution in [3.8, 4) is 0 Å². The van der Waals surface area contributed by atoms with Crippen LogP contribution in [0.25, 0.3) is 0 Å². The number of nitrogens with two attached hydrogens (primary N) is 1. The Morgan fingerprint density at radius 3 is 3.06 bits per heavy atom. The van der Waals surface area contributed by atoms with Crippen molar-refractivity contribution in [2.75, 3.05) is 18.9 Å². The number of hydrogen-bond acceptors (Lipinski definition) is 3. The fraction of sp³-hybridized carbons (Fsp3) is 0.538. The van der Waals surface area contributed by atoms with E-state index in [1.54, 1.807) is 0 Å². The van der Waals surface area contributed by atoms with Gasteiger partial charge in [-0.3, -0.25) is 0 Å². The lowest BCUT2D eigenvalue weighted by Gasteiger charge is -2.10. The van der Waals surface area contributed by atoms with Gasteiger partial charge in [-0.1, -0.05) is 17.7 Å². The van der Waals surface area contributed by atoms with E-state index in [4.69, 9.17) is 22.1 Å². The van der Waals surface area contributed by atoms with Crippen LogP contribution in [-0.4, -0.2) is 19.3 Å². The second-order valence-electron chi connectivity index (χ2n) is 4.46. The molecule has 94 valence electrons. The van der Waals surface area contributed by atoms with Gasteiger partial charge in [0, 0.05) is 13.2 Å². The third kappa shape index (κ3) is 3.87. The van der Waals surface area contributed by atoms with Gasteiger partial charge < -0.3 is 15.8 Å². The van der Waals surface area contributed by atoms with Crippen molar-refractivity contribution < 1.29 is 4.74 Å². The summed E-state index contributed by atoms with van der Waals surface area (Å²) in [5, 5.41) is 4.02. The zero-order valence-corrected chi connectivity index (χ0v) is 10.7. The van der Waals surface area contributed by atoms with Gasteiger partial charge in [-0.25, -0.2) is 0 Å². The second-order valence-corrected chi connectivity index (χ2v) is 4.86. The summed E-state index contributed by atoms with van der Waals surface area (Å²) >= 11 is 5.87. The highest BCUT2D eigenvalue weighted by atomic mass is 35.5. The van der Waals surface area contributed by atoms with Crippen LogP contribution >= 0.6 is 11.6 Å². The molecule has 1 aliphatic rings. The summed E-state index contributed by atoms with van der Waals surface area (Å²) in [5.74, 6) is 0. The van der Waals surface area contributed by atoms with Gasteiger partial charge in [-0.2, -0.15) is 0 Å². The Bertz CT molecular complexity index is 364. The van der Waals surface area contributed by atoms with Crippen LogP contribution in [0, 0.1) is 0 Å². The number of ether oxygens (including phenoxy) is 1. The summed E-state index contributed by atoms with van der Waals surface area (Å²) in [6.45, 7) is 2.74. The van der Waals surface area contributed by atoms with Gasteiger partial charge in [-0.05, 0) is 43.5 Å². The Labute approximate surface area is 107 Å². The van der Waals surface area contributed by atoms with Crippen LogP contribution < -0.4 is 11.1 Å². The molecule has 1 aliphatic heterocycles. The molecule has 1 heterocycles. The van der Waals surface area contributed by atoms with Crippen LogP contribution in [-0.2, 0) is 11.3 Å². The van der Waals surface area contributed by atoms with E-state index in [1.165, 1.54) is 18.4 Å². The van der Waals surface area contributed by atoms with Crippen molar-refractivity contribution in [3.05, 3.63) is 28.8 Å². The molecular weight excluding hydrogens is 236 g/mol. The van der Waals surface area contributed by atoms with E-state index in [1.807, 2.05) is 18.2 Å². The van der Waals surface area contributed by atoms with Gasteiger partial charge in [0.05, 0.1) is 16.8 Å². The third-order valence-electron chi connectivity index (χ3n) is 3.06. The molecule has 0 aromatic heterocycles. The van der Waals surface area contributed by atoms with Gasteiger partial charge in [0.15, 0.2) is 0 Å². The maximum atomic E-state index is 5.87. The van der Waals surface area contributed by atoms with Crippen molar-refractivity contribution in [1.82, 2.24) is 5.32 Å². The Kier molecular flexibility index (Phi) is 4.66. The summed E-state index contributed by atoms with van der Waals surface area (Å²) in [7, 11) is 0. The first kappa shape index (κ1) is 12.7. The molecule has 0 saturated carbocycles. The van der Waals surface area contributed by atoms with Crippen LogP contribution in [0.15, 0.2) is 18.2 Å². The summed E-state index contributed by atoms with van der Waals surface area (Å²) in [5.41, 5.74) is 7.55. The SMILES string of the molecule is Nc1cc(CNCCC2CCCO2)ccc1Cl. The molecule has 1 aromatic carbocycles. The number of nitrogens with one attached hydrogen (secondary N) is 1. The Hall–Kier alpha value is -0.770. The highest BCUT2D eigenvalue weighted by Gasteiger charge is 2.14. The van der Waals surface area contributed by atoms with Gasteiger partial charge in [0.1, 0.15) is 0 Å². The molecule has 1 fully saturated rings. The smallest absolute Gasteiger partial charge is 0.0635 e. The molecule has 4 heteroatoms. The van der Waals surface area contributed by atoms with Crippen LogP contribution in [0.3, 0.4) is 0 Å². The van der Waals surface area contributed by atoms with Gasteiger partial charge in [0.2, 0.25) is 0 Å². The van der Waals surface area contributed by atoms with Crippen molar-refractivity contribution in [2.45, 2.75) is 31.9 Å². The summed E-state index contributed by atoms with van der Waals surface area (Å²) in [6, 6.07) is 5.76. The lowest BCUT2D eigenvalue weighted by molar-refractivity contribution is 0.104. The third-order valence-corrected chi connectivity index (χ3v) is 3.40. The Morgan fingerprint density at radius 1 is 1.47 bits per heavy atom. The van der Waals surface area contributed by atoms with E-state index < -0.39 is 0 Å². The molecule has 1 atom stereocenters. The Morgan fingerprint density at radius 2 is 2.35 bits per heavy atom. The van der Waals surface area contributed by atoms with Gasteiger partial charge in [-0.15, -0.1) is 0 Å². The molecule has 1 aromatic rings. The van der Waals surface area contributed by atoms with Crippen LogP contribution in [0.5, 0.6) is 0 Å². The number of benzene rings is 1. The molecule has 0 bridgehead atoms. The average Bonchev–Trinajstić information content (AvgIpc) is 2.82. The van der Waals surface area contributed by atoms with Crippen molar-refractivity contribution >= 4 is 17.3 Å². The van der Waals surface area contributed by atoms with Crippen LogP contribution in [0.2, 0.25) is 5.02 Å². The first-order valence-electron chi connectivity index (χ1n) is 6.12. The van der Waals surface area contributed by atoms with Crippen molar-refractivity contribution in [2.24, 2.45) is 0 Å². The van der Waals surface area contributed by atoms with E-state index in [0.717, 1.165) is 26.1 Å². The van der Waals surface area contributed by atoms with E-state index in [2.05, 4.69) is 5.32 Å². The minimum Gasteiger partial charge on any atom is -0.398 e. The lowest BCUT2D eigenvalue weighted by atomic mass is 10.1. The van der Waals surface area contributed by atoms with Crippen LogP contribution in [0.4, 0.5) is 5.69 Å². The molecular formula is C13H19ClN2O. The highest BCUT2D eigenvalue weighted by Crippen LogP contribution is 2.19. The molecule has 0 amide bonds. The number of nitrogen functional groups attached to an aromatic ring is 1. The molecule has 1 saturated heterocycles. The number of halogens is 1. The normalized spacial score (nSPS) is 19.7. The van der Waals surface area contributed by atoms with Crippen LogP contribution in [0.1, 0.15) is 24.8 Å². The zero-order valence-electron chi connectivity index (χ0n) is 9.92. The standard InChI is InChI=1S/C13H19ClN2O/c14-12-4-3-10(8-13(12)15)9-16-6-5-11-2-1-7-17-11/h3-4,8,11,16H,1-2,5-7,9,15H2. The maximum absolute atomic E-state index is 5.87. The molecule has 0 spiro atoms. The first-order valence-corrected chi connectivity index (χ1v) is 6.50. The quantitative estimate of drug-likeness (QED) is 0.627. The molecule has 3 nitrogen and oxygen atoms in total. The largest absolute Gasteiger partial charge is 0.398 e. The molecule has 0 radical (unpaired) electrons. The van der Waals surface area contributed by atoms with E-state index in [9.17, 15) is 0 Å². The van der Waals surface area contributed by atoms with E-state index in [-0.39, 0.29) is 0 Å². The van der Waals surface area contributed by atoms with Crippen molar-refractivity contribution in [1.29, 1.82) is 0 Å². The summed E-state index contributed by atoms with van der Waals surface area (Å²) in [6.07, 6.45) is 3.95. The summed E-state index contributed by atoms with van der Waals surface area (Å²) in [4.78, 5) is 0. The van der Waals surface area contributed by atoms with E-state index in [0.29, 0.717) is 16.8 Å². The highest BCUT2D eigenvalue weighted by molar-refractivity contribution is 6.33. The number of rotatable bonds is 5. The predicted octanol–water partition coefficient (Wildman–Crippen LogP) is 2.58. The number of hydrogen-bond donors (Lipinski definition) is 2. The monoisotopic (exact) mass is 254 g/mol.